The molecule has 1 aromatic heterocycles. The van der Waals surface area contributed by atoms with Gasteiger partial charge in [-0.25, -0.2) is 0 Å². The zero-order valence-electron chi connectivity index (χ0n) is 17.3. The summed E-state index contributed by atoms with van der Waals surface area (Å²) in [5.41, 5.74) is 1.47. The lowest BCUT2D eigenvalue weighted by Gasteiger charge is -2.25. The number of amides is 3. The topological polar surface area (TPSA) is 125 Å². The summed E-state index contributed by atoms with van der Waals surface area (Å²) in [5, 5.41) is 19.7. The van der Waals surface area contributed by atoms with Gasteiger partial charge in [0, 0.05) is 37.5 Å². The number of hydrogen-bond acceptors (Lipinski definition) is 6. The highest BCUT2D eigenvalue weighted by molar-refractivity contribution is 6.30. The van der Waals surface area contributed by atoms with Crippen LogP contribution in [0.4, 0.5) is 0 Å². The fraction of sp³-hybridized carbons (Fsp3) is 0.429. The van der Waals surface area contributed by atoms with E-state index in [1.54, 1.807) is 37.3 Å². The third-order valence-corrected chi connectivity index (χ3v) is 5.39. The predicted octanol–water partition coefficient (Wildman–Crippen LogP) is 0.614. The molecule has 1 saturated heterocycles. The van der Waals surface area contributed by atoms with Crippen molar-refractivity contribution in [2.75, 3.05) is 13.6 Å². The second kappa shape index (κ2) is 9.93. The molecule has 1 aliphatic heterocycles. The van der Waals surface area contributed by atoms with Gasteiger partial charge in [0.05, 0.1) is 18.2 Å². The van der Waals surface area contributed by atoms with Gasteiger partial charge in [-0.2, -0.15) is 0 Å². The highest BCUT2D eigenvalue weighted by Crippen LogP contribution is 2.20. The van der Waals surface area contributed by atoms with Crippen LogP contribution in [0, 0.1) is 6.92 Å². The number of benzene rings is 1. The number of carbonyl (C=O) groups is 3. The zero-order chi connectivity index (χ0) is 22.5. The molecule has 0 spiro atoms. The molecule has 3 unspecified atom stereocenters. The minimum atomic E-state index is -0.885. The van der Waals surface area contributed by atoms with Gasteiger partial charge in [-0.05, 0) is 24.6 Å². The molecule has 3 N–H and O–H groups in total. The van der Waals surface area contributed by atoms with Gasteiger partial charge in [-0.15, -0.1) is 0 Å². The van der Waals surface area contributed by atoms with Crippen LogP contribution >= 0.6 is 11.6 Å². The molecule has 9 nitrogen and oxygen atoms in total. The van der Waals surface area contributed by atoms with Gasteiger partial charge in [0.25, 0.3) is 0 Å². The molecule has 0 aliphatic carbocycles. The molecule has 2 aromatic rings. The number of carbonyl (C=O) groups excluding carboxylic acids is 3. The highest BCUT2D eigenvalue weighted by Gasteiger charge is 2.40. The Morgan fingerprint density at radius 1 is 1.32 bits per heavy atom. The van der Waals surface area contributed by atoms with E-state index in [0.29, 0.717) is 16.5 Å². The molecule has 0 radical (unpaired) electrons. The Kier molecular flexibility index (Phi) is 7.29. The first kappa shape index (κ1) is 22.8. The van der Waals surface area contributed by atoms with E-state index in [-0.39, 0.29) is 37.6 Å². The van der Waals surface area contributed by atoms with Crippen molar-refractivity contribution in [2.24, 2.45) is 0 Å². The number of nitrogens with one attached hydrogen (secondary N) is 2. The molecule has 2 heterocycles. The molecule has 1 fully saturated rings. The Hall–Kier alpha value is -2.91. The average Bonchev–Trinajstić information content (AvgIpc) is 3.33. The van der Waals surface area contributed by atoms with E-state index in [1.165, 1.54) is 11.9 Å². The number of aliphatic hydroxyl groups is 1. The second-order valence-corrected chi connectivity index (χ2v) is 8.01. The molecule has 3 amide bonds. The lowest BCUT2D eigenvalue weighted by atomic mass is 10.0. The molecular formula is C21H25ClN4O5. The van der Waals surface area contributed by atoms with Crippen LogP contribution < -0.4 is 10.6 Å². The molecule has 0 saturated carbocycles. The van der Waals surface area contributed by atoms with E-state index in [2.05, 4.69) is 15.8 Å². The van der Waals surface area contributed by atoms with E-state index in [4.69, 9.17) is 16.1 Å². The van der Waals surface area contributed by atoms with Crippen LogP contribution in [-0.4, -0.2) is 64.7 Å². The van der Waals surface area contributed by atoms with Crippen LogP contribution in [0.1, 0.15) is 23.4 Å². The number of aromatic nitrogens is 1. The normalized spacial score (nSPS) is 19.2. The highest BCUT2D eigenvalue weighted by atomic mass is 35.5. The summed E-state index contributed by atoms with van der Waals surface area (Å²) < 4.78 is 5.08. The number of likely N-dealkylation sites (tertiary alicyclic amines) is 1. The van der Waals surface area contributed by atoms with E-state index < -0.39 is 24.1 Å². The summed E-state index contributed by atoms with van der Waals surface area (Å²) in [7, 11) is 1.48. The lowest BCUT2D eigenvalue weighted by molar-refractivity contribution is -0.139. The van der Waals surface area contributed by atoms with Crippen molar-refractivity contribution in [1.29, 1.82) is 0 Å². The number of rotatable bonds is 7. The standard InChI is InChI=1S/C21H25ClN4O5/c1-12-7-16(31-25-12)10-19(28)26-11-15(27)9-18(26)21(30)24-17(20(29)23-2)8-13-3-5-14(22)6-4-13/h3-7,15,17-18,27H,8-11H2,1-2H3,(H,23,29)(H,24,30). The SMILES string of the molecule is CNC(=O)C(Cc1ccc(Cl)cc1)NC(=O)C1CC(O)CN1C(=O)Cc1cc(C)no1. The summed E-state index contributed by atoms with van der Waals surface area (Å²) in [6.07, 6.45) is -0.552. The minimum Gasteiger partial charge on any atom is -0.391 e. The number of hydrogen-bond donors (Lipinski definition) is 3. The Morgan fingerprint density at radius 2 is 2.03 bits per heavy atom. The van der Waals surface area contributed by atoms with Crippen molar-refractivity contribution >= 4 is 29.3 Å². The predicted molar refractivity (Wildman–Crippen MR) is 112 cm³/mol. The first-order chi connectivity index (χ1) is 14.8. The summed E-state index contributed by atoms with van der Waals surface area (Å²) in [6.45, 7) is 1.78. The van der Waals surface area contributed by atoms with Crippen LogP contribution in [0.15, 0.2) is 34.9 Å². The van der Waals surface area contributed by atoms with Crippen molar-refractivity contribution in [2.45, 2.75) is 44.4 Å². The lowest BCUT2D eigenvalue weighted by Crippen LogP contribution is -2.53. The Morgan fingerprint density at radius 3 is 2.65 bits per heavy atom. The first-order valence-corrected chi connectivity index (χ1v) is 10.3. The summed E-state index contributed by atoms with van der Waals surface area (Å²) >= 11 is 5.91. The van der Waals surface area contributed by atoms with Crippen molar-refractivity contribution in [1.82, 2.24) is 20.7 Å². The van der Waals surface area contributed by atoms with Gasteiger partial charge in [0.2, 0.25) is 17.7 Å². The first-order valence-electron chi connectivity index (χ1n) is 9.93. The molecule has 1 aliphatic rings. The number of halogens is 1. The number of likely N-dealkylation sites (N-methyl/N-ethyl adjacent to an activating group) is 1. The quantitative estimate of drug-likeness (QED) is 0.570. The van der Waals surface area contributed by atoms with Gasteiger partial charge in [-0.1, -0.05) is 28.9 Å². The Bertz CT molecular complexity index is 946. The molecule has 166 valence electrons. The van der Waals surface area contributed by atoms with Crippen molar-refractivity contribution in [3.05, 3.63) is 52.4 Å². The maximum Gasteiger partial charge on any atom is 0.243 e. The number of nitrogens with zero attached hydrogens (tertiary/aromatic N) is 2. The molecule has 31 heavy (non-hydrogen) atoms. The minimum absolute atomic E-state index is 0.0336. The zero-order valence-corrected chi connectivity index (χ0v) is 18.1. The molecular weight excluding hydrogens is 424 g/mol. The van der Waals surface area contributed by atoms with E-state index in [1.807, 2.05) is 0 Å². The number of β-amino-alcohol motifs (C(OH)–C–C–N with tert-alkyl or cyclic N) is 1. The van der Waals surface area contributed by atoms with E-state index in [0.717, 1.165) is 5.56 Å². The number of aryl methyl sites for hydroxylation is 1. The Labute approximate surface area is 184 Å². The van der Waals surface area contributed by atoms with Crippen LogP contribution in [0.3, 0.4) is 0 Å². The monoisotopic (exact) mass is 448 g/mol. The molecule has 0 bridgehead atoms. The fourth-order valence-corrected chi connectivity index (χ4v) is 3.72. The van der Waals surface area contributed by atoms with E-state index in [9.17, 15) is 19.5 Å². The van der Waals surface area contributed by atoms with Gasteiger partial charge < -0.3 is 25.2 Å². The maximum absolute atomic E-state index is 13.0. The number of aliphatic hydroxyl groups excluding tert-OH is 1. The van der Waals surface area contributed by atoms with Crippen LogP contribution in [0.2, 0.25) is 5.02 Å². The van der Waals surface area contributed by atoms with Gasteiger partial charge >= 0.3 is 0 Å². The molecule has 10 heteroatoms. The largest absolute Gasteiger partial charge is 0.391 e. The summed E-state index contributed by atoms with van der Waals surface area (Å²) in [4.78, 5) is 39.4. The summed E-state index contributed by atoms with van der Waals surface area (Å²) in [6, 6.07) is 6.89. The van der Waals surface area contributed by atoms with Crippen LogP contribution in [-0.2, 0) is 27.2 Å². The van der Waals surface area contributed by atoms with Crippen molar-refractivity contribution in [3.8, 4) is 0 Å². The van der Waals surface area contributed by atoms with Gasteiger partial charge in [0.15, 0.2) is 0 Å². The maximum atomic E-state index is 13.0. The van der Waals surface area contributed by atoms with Gasteiger partial charge in [0.1, 0.15) is 17.8 Å². The van der Waals surface area contributed by atoms with E-state index >= 15 is 0 Å². The smallest absolute Gasteiger partial charge is 0.243 e. The van der Waals surface area contributed by atoms with Crippen molar-refractivity contribution < 1.29 is 24.0 Å². The van der Waals surface area contributed by atoms with Crippen LogP contribution in [0.25, 0.3) is 0 Å². The molecule has 3 rings (SSSR count). The van der Waals surface area contributed by atoms with Crippen LogP contribution in [0.5, 0.6) is 0 Å². The van der Waals surface area contributed by atoms with Crippen molar-refractivity contribution in [3.63, 3.8) is 0 Å². The fourth-order valence-electron chi connectivity index (χ4n) is 3.60. The summed E-state index contributed by atoms with van der Waals surface area (Å²) in [5.74, 6) is -0.839. The molecule has 1 aromatic carbocycles. The third-order valence-electron chi connectivity index (χ3n) is 5.14. The second-order valence-electron chi connectivity index (χ2n) is 7.57. The Balaban J connectivity index is 1.70. The van der Waals surface area contributed by atoms with Gasteiger partial charge in [-0.3, -0.25) is 14.4 Å². The average molecular weight is 449 g/mol. The third kappa shape index (κ3) is 5.83. The molecule has 3 atom stereocenters.